The van der Waals surface area contributed by atoms with E-state index in [0.29, 0.717) is 12.2 Å². The van der Waals surface area contributed by atoms with Gasteiger partial charge < -0.3 is 10.6 Å². The number of halogens is 2. The van der Waals surface area contributed by atoms with Crippen LogP contribution in [0.5, 0.6) is 0 Å². The van der Waals surface area contributed by atoms with Crippen molar-refractivity contribution in [3.63, 3.8) is 0 Å². The number of hydrogen-bond donors (Lipinski definition) is 1. The van der Waals surface area contributed by atoms with Crippen LogP contribution in [0.2, 0.25) is 0 Å². The highest BCUT2D eigenvalue weighted by Crippen LogP contribution is 2.35. The summed E-state index contributed by atoms with van der Waals surface area (Å²) in [5.41, 5.74) is 6.07. The van der Waals surface area contributed by atoms with Gasteiger partial charge in [0, 0.05) is 13.1 Å². The van der Waals surface area contributed by atoms with E-state index in [1.807, 2.05) is 0 Å². The molecule has 1 saturated carbocycles. The van der Waals surface area contributed by atoms with Crippen LogP contribution < -0.4 is 10.6 Å². The van der Waals surface area contributed by atoms with Crippen molar-refractivity contribution in [2.75, 3.05) is 18.5 Å². The Labute approximate surface area is 123 Å². The van der Waals surface area contributed by atoms with Crippen molar-refractivity contribution in [2.24, 2.45) is 11.7 Å². The van der Waals surface area contributed by atoms with Crippen LogP contribution in [-0.2, 0) is 9.84 Å². The van der Waals surface area contributed by atoms with Crippen molar-refractivity contribution >= 4 is 15.5 Å². The lowest BCUT2D eigenvalue weighted by Crippen LogP contribution is -2.38. The Morgan fingerprint density at radius 3 is 2.62 bits per heavy atom. The number of nitrogens with zero attached hydrogens (tertiary/aromatic N) is 1. The zero-order valence-corrected chi connectivity index (χ0v) is 12.7. The largest absolute Gasteiger partial charge is 0.370 e. The summed E-state index contributed by atoms with van der Waals surface area (Å²) in [6.45, 7) is 0.513. The fraction of sp³-hybridized carbons (Fsp3) is 0.571. The van der Waals surface area contributed by atoms with Crippen molar-refractivity contribution in [1.29, 1.82) is 0 Å². The standard InChI is InChI=1S/C14H20F2N2O2S/c1-18(11-7-4-5-10(11)9-17)12-6-2-3-8-13(12)21(19,20)14(15)16/h2-3,6,8,10-11,14H,4-5,7,9,17H2,1H3. The van der Waals surface area contributed by atoms with E-state index in [1.54, 1.807) is 24.1 Å². The number of para-hydroxylation sites is 1. The molecule has 2 atom stereocenters. The number of nitrogens with two attached hydrogens (primary N) is 1. The Morgan fingerprint density at radius 1 is 1.33 bits per heavy atom. The molecule has 0 saturated heterocycles. The molecule has 0 heterocycles. The van der Waals surface area contributed by atoms with E-state index < -0.39 is 15.6 Å². The maximum Gasteiger partial charge on any atom is 0.341 e. The number of alkyl halides is 2. The Bertz CT molecular complexity index is 592. The molecule has 0 radical (unpaired) electrons. The summed E-state index contributed by atoms with van der Waals surface area (Å²) < 4.78 is 49.3. The van der Waals surface area contributed by atoms with Crippen molar-refractivity contribution in [1.82, 2.24) is 0 Å². The average molecular weight is 318 g/mol. The predicted molar refractivity (Wildman–Crippen MR) is 78.2 cm³/mol. The van der Waals surface area contributed by atoms with Crippen LogP contribution in [0.25, 0.3) is 0 Å². The molecule has 7 heteroatoms. The lowest BCUT2D eigenvalue weighted by molar-refractivity contribution is 0.234. The molecule has 0 aliphatic heterocycles. The van der Waals surface area contributed by atoms with Crippen LogP contribution in [0.15, 0.2) is 29.2 Å². The van der Waals surface area contributed by atoms with Gasteiger partial charge >= 0.3 is 5.76 Å². The SMILES string of the molecule is CN(c1ccccc1S(=O)(=O)C(F)F)C1CCCC1CN. The second-order valence-electron chi connectivity index (χ2n) is 5.38. The first-order chi connectivity index (χ1) is 9.89. The van der Waals surface area contributed by atoms with E-state index >= 15 is 0 Å². The predicted octanol–water partition coefficient (Wildman–Crippen LogP) is 2.25. The molecule has 118 valence electrons. The summed E-state index contributed by atoms with van der Waals surface area (Å²) >= 11 is 0. The highest BCUT2D eigenvalue weighted by Gasteiger charge is 2.34. The summed E-state index contributed by atoms with van der Waals surface area (Å²) in [6, 6.07) is 6.01. The summed E-state index contributed by atoms with van der Waals surface area (Å²) in [4.78, 5) is 1.48. The van der Waals surface area contributed by atoms with Gasteiger partial charge in [0.05, 0.1) is 10.6 Å². The second kappa shape index (κ2) is 6.27. The van der Waals surface area contributed by atoms with E-state index in [0.717, 1.165) is 19.3 Å². The number of benzene rings is 1. The normalized spacial score (nSPS) is 22.7. The Kier molecular flexibility index (Phi) is 4.83. The fourth-order valence-corrected chi connectivity index (χ4v) is 4.03. The van der Waals surface area contributed by atoms with Crippen molar-refractivity contribution in [3.05, 3.63) is 24.3 Å². The lowest BCUT2D eigenvalue weighted by atomic mass is 10.0. The van der Waals surface area contributed by atoms with Gasteiger partial charge in [0.15, 0.2) is 0 Å². The number of sulfone groups is 1. The molecule has 0 aromatic heterocycles. The molecule has 21 heavy (non-hydrogen) atoms. The molecule has 1 aromatic carbocycles. The van der Waals surface area contributed by atoms with Gasteiger partial charge in [-0.25, -0.2) is 8.42 Å². The van der Waals surface area contributed by atoms with Crippen LogP contribution in [0.1, 0.15) is 19.3 Å². The Hall–Kier alpha value is -1.21. The Morgan fingerprint density at radius 2 is 2.00 bits per heavy atom. The monoisotopic (exact) mass is 318 g/mol. The van der Waals surface area contributed by atoms with Crippen molar-refractivity contribution < 1.29 is 17.2 Å². The quantitative estimate of drug-likeness (QED) is 0.904. The summed E-state index contributed by atoms with van der Waals surface area (Å²) in [5.74, 6) is -3.15. The molecule has 2 unspecified atom stereocenters. The molecule has 0 spiro atoms. The highest BCUT2D eigenvalue weighted by atomic mass is 32.2. The minimum Gasteiger partial charge on any atom is -0.370 e. The first kappa shape index (κ1) is 16.2. The van der Waals surface area contributed by atoms with Crippen LogP contribution in [0.3, 0.4) is 0 Å². The minimum absolute atomic E-state index is 0.0871. The molecule has 1 aliphatic rings. The molecule has 1 aromatic rings. The van der Waals surface area contributed by atoms with E-state index in [2.05, 4.69) is 0 Å². The van der Waals surface area contributed by atoms with Gasteiger partial charge in [-0.1, -0.05) is 18.6 Å². The maximum atomic E-state index is 12.8. The second-order valence-corrected chi connectivity index (χ2v) is 7.26. The molecule has 2 rings (SSSR count). The van der Waals surface area contributed by atoms with Gasteiger partial charge in [-0.15, -0.1) is 0 Å². The van der Waals surface area contributed by atoms with Gasteiger partial charge in [0.25, 0.3) is 0 Å². The molecule has 1 aliphatic carbocycles. The van der Waals surface area contributed by atoms with Crippen LogP contribution in [0, 0.1) is 5.92 Å². The third-order valence-corrected chi connectivity index (χ3v) is 5.63. The number of rotatable bonds is 5. The first-order valence-electron chi connectivity index (χ1n) is 6.93. The molecule has 4 nitrogen and oxygen atoms in total. The summed E-state index contributed by atoms with van der Waals surface area (Å²) in [5, 5.41) is 0. The van der Waals surface area contributed by atoms with Gasteiger partial charge in [-0.2, -0.15) is 8.78 Å². The fourth-order valence-electron chi connectivity index (χ4n) is 3.07. The molecule has 0 bridgehead atoms. The Balaban J connectivity index is 2.41. The van der Waals surface area contributed by atoms with Crippen LogP contribution in [0.4, 0.5) is 14.5 Å². The van der Waals surface area contributed by atoms with Gasteiger partial charge in [-0.3, -0.25) is 0 Å². The van der Waals surface area contributed by atoms with E-state index in [-0.39, 0.29) is 16.9 Å². The summed E-state index contributed by atoms with van der Waals surface area (Å²) in [6.07, 6.45) is 2.89. The van der Waals surface area contributed by atoms with Crippen LogP contribution in [-0.4, -0.2) is 33.8 Å². The van der Waals surface area contributed by atoms with E-state index in [4.69, 9.17) is 5.73 Å². The smallest absolute Gasteiger partial charge is 0.341 e. The third-order valence-electron chi connectivity index (χ3n) is 4.21. The molecular weight excluding hydrogens is 298 g/mol. The van der Waals surface area contributed by atoms with Crippen LogP contribution >= 0.6 is 0 Å². The van der Waals surface area contributed by atoms with E-state index in [1.165, 1.54) is 12.1 Å². The third kappa shape index (κ3) is 3.03. The zero-order valence-electron chi connectivity index (χ0n) is 11.9. The molecule has 0 amide bonds. The van der Waals surface area contributed by atoms with Crippen molar-refractivity contribution in [2.45, 2.75) is 36.0 Å². The minimum atomic E-state index is -4.61. The van der Waals surface area contributed by atoms with Gasteiger partial charge in [-0.05, 0) is 37.4 Å². The molecule has 1 fully saturated rings. The van der Waals surface area contributed by atoms with Crippen molar-refractivity contribution in [3.8, 4) is 0 Å². The first-order valence-corrected chi connectivity index (χ1v) is 8.48. The molecular formula is C14H20F2N2O2S. The summed E-state index contributed by atoms with van der Waals surface area (Å²) in [7, 11) is -2.86. The number of hydrogen-bond acceptors (Lipinski definition) is 4. The number of anilines is 1. The average Bonchev–Trinajstić information content (AvgIpc) is 2.94. The van der Waals surface area contributed by atoms with Gasteiger partial charge in [0.2, 0.25) is 9.84 Å². The molecule has 2 N–H and O–H groups in total. The zero-order chi connectivity index (χ0) is 15.6. The highest BCUT2D eigenvalue weighted by molar-refractivity contribution is 7.91. The maximum absolute atomic E-state index is 12.8. The van der Waals surface area contributed by atoms with E-state index in [9.17, 15) is 17.2 Å². The van der Waals surface area contributed by atoms with Gasteiger partial charge in [0.1, 0.15) is 0 Å². The topological polar surface area (TPSA) is 63.4 Å². The lowest BCUT2D eigenvalue weighted by Gasteiger charge is -2.32.